The second-order valence-corrected chi connectivity index (χ2v) is 8.24. The fourth-order valence-electron chi connectivity index (χ4n) is 4.44. The number of hydrogen-bond acceptors (Lipinski definition) is 4. The van der Waals surface area contributed by atoms with Crippen LogP contribution in [0.15, 0.2) is 18.2 Å². The quantitative estimate of drug-likeness (QED) is 0.680. The van der Waals surface area contributed by atoms with E-state index in [1.165, 1.54) is 44.1 Å². The predicted octanol–water partition coefficient (Wildman–Crippen LogP) is 3.75. The van der Waals surface area contributed by atoms with E-state index in [9.17, 15) is 4.79 Å². The predicted molar refractivity (Wildman–Crippen MR) is 112 cm³/mol. The number of benzene rings is 1. The molecule has 0 aromatic heterocycles. The molecule has 2 fully saturated rings. The van der Waals surface area contributed by atoms with Gasteiger partial charge in [0, 0.05) is 32.1 Å². The minimum Gasteiger partial charge on any atom is -0.497 e. The van der Waals surface area contributed by atoms with Gasteiger partial charge >= 0.3 is 0 Å². The van der Waals surface area contributed by atoms with Gasteiger partial charge < -0.3 is 19.3 Å². The smallest absolute Gasteiger partial charge is 0.223 e. The van der Waals surface area contributed by atoms with Gasteiger partial charge in [-0.3, -0.25) is 4.79 Å². The molecule has 3 rings (SSSR count). The molecule has 0 atom stereocenters. The van der Waals surface area contributed by atoms with Crippen molar-refractivity contribution >= 4 is 5.91 Å². The summed E-state index contributed by atoms with van der Waals surface area (Å²) in [4.78, 5) is 16.9. The van der Waals surface area contributed by atoms with Crippen LogP contribution in [-0.2, 0) is 11.2 Å². The van der Waals surface area contributed by atoms with E-state index in [0.29, 0.717) is 12.3 Å². The highest BCUT2D eigenvalue weighted by molar-refractivity contribution is 5.76. The fourth-order valence-corrected chi connectivity index (χ4v) is 4.44. The zero-order valence-corrected chi connectivity index (χ0v) is 17.6. The summed E-state index contributed by atoms with van der Waals surface area (Å²) in [7, 11) is 3.40. The van der Waals surface area contributed by atoms with Crippen molar-refractivity contribution in [2.45, 2.75) is 51.4 Å². The number of carbonyl (C=O) groups is 1. The summed E-state index contributed by atoms with van der Waals surface area (Å²) in [6, 6.07) is 6.15. The highest BCUT2D eigenvalue weighted by Crippen LogP contribution is 2.27. The second kappa shape index (κ2) is 10.7. The number of hydrogen-bond donors (Lipinski definition) is 0. The lowest BCUT2D eigenvalue weighted by Gasteiger charge is -2.33. The van der Waals surface area contributed by atoms with Gasteiger partial charge in [0.25, 0.3) is 0 Å². The highest BCUT2D eigenvalue weighted by atomic mass is 16.5. The van der Waals surface area contributed by atoms with Crippen molar-refractivity contribution in [3.8, 4) is 11.5 Å². The van der Waals surface area contributed by atoms with Crippen molar-refractivity contribution in [1.29, 1.82) is 0 Å². The van der Waals surface area contributed by atoms with E-state index in [-0.39, 0.29) is 0 Å². The Morgan fingerprint density at radius 3 is 2.21 bits per heavy atom. The Bertz CT molecular complexity index is 598. The highest BCUT2D eigenvalue weighted by Gasteiger charge is 2.21. The van der Waals surface area contributed by atoms with Crippen LogP contribution in [0, 0.1) is 5.92 Å². The maximum Gasteiger partial charge on any atom is 0.223 e. The van der Waals surface area contributed by atoms with Gasteiger partial charge in [0.05, 0.1) is 14.2 Å². The zero-order chi connectivity index (χ0) is 19.8. The van der Waals surface area contributed by atoms with Gasteiger partial charge in [-0.15, -0.1) is 0 Å². The molecular formula is C23H36N2O3. The Kier molecular flexibility index (Phi) is 8.01. The Morgan fingerprint density at radius 1 is 0.964 bits per heavy atom. The van der Waals surface area contributed by atoms with Crippen LogP contribution in [0.1, 0.15) is 50.5 Å². The van der Waals surface area contributed by atoms with E-state index in [2.05, 4.69) is 21.9 Å². The molecule has 2 aliphatic rings. The Labute approximate surface area is 170 Å². The molecule has 2 aliphatic heterocycles. The van der Waals surface area contributed by atoms with Crippen LogP contribution in [0.5, 0.6) is 11.5 Å². The number of nitrogens with zero attached hydrogens (tertiary/aromatic N) is 2. The monoisotopic (exact) mass is 388 g/mol. The molecule has 5 nitrogen and oxygen atoms in total. The third-order valence-electron chi connectivity index (χ3n) is 6.31. The molecule has 1 aromatic rings. The molecule has 0 bridgehead atoms. The van der Waals surface area contributed by atoms with Crippen molar-refractivity contribution in [2.75, 3.05) is 46.9 Å². The van der Waals surface area contributed by atoms with Crippen molar-refractivity contribution < 1.29 is 14.3 Å². The molecule has 5 heteroatoms. The number of carbonyl (C=O) groups excluding carboxylic acids is 1. The normalized spacial score (nSPS) is 18.9. The molecule has 2 heterocycles. The number of likely N-dealkylation sites (tertiary alicyclic amines) is 2. The van der Waals surface area contributed by atoms with Crippen LogP contribution < -0.4 is 9.47 Å². The van der Waals surface area contributed by atoms with Gasteiger partial charge in [-0.25, -0.2) is 0 Å². The van der Waals surface area contributed by atoms with Crippen LogP contribution in [0.25, 0.3) is 0 Å². The van der Waals surface area contributed by atoms with E-state index >= 15 is 0 Å². The Balaban J connectivity index is 1.36. The van der Waals surface area contributed by atoms with Crippen LogP contribution in [-0.4, -0.2) is 62.7 Å². The number of methoxy groups -OCH3 is 2. The van der Waals surface area contributed by atoms with Crippen molar-refractivity contribution in [2.24, 2.45) is 5.92 Å². The van der Waals surface area contributed by atoms with Crippen LogP contribution in [0.4, 0.5) is 0 Å². The number of ether oxygens (including phenoxy) is 2. The molecule has 0 spiro atoms. The summed E-state index contributed by atoms with van der Waals surface area (Å²) in [5, 5.41) is 0. The van der Waals surface area contributed by atoms with E-state index in [1.807, 2.05) is 6.07 Å². The maximum absolute atomic E-state index is 12.3. The largest absolute Gasteiger partial charge is 0.497 e. The lowest BCUT2D eigenvalue weighted by Crippen LogP contribution is -2.40. The number of rotatable bonds is 8. The first-order valence-electron chi connectivity index (χ1n) is 10.9. The summed E-state index contributed by atoms with van der Waals surface area (Å²) in [6.07, 6.45) is 9.06. The molecule has 0 N–H and O–H groups in total. The van der Waals surface area contributed by atoms with Gasteiger partial charge in [-0.2, -0.15) is 0 Å². The minimum absolute atomic E-state index is 0.355. The van der Waals surface area contributed by atoms with Crippen LogP contribution in [0.2, 0.25) is 0 Å². The van der Waals surface area contributed by atoms with Gasteiger partial charge in [0.2, 0.25) is 5.91 Å². The van der Waals surface area contributed by atoms with Gasteiger partial charge in [0.15, 0.2) is 0 Å². The number of amides is 1. The first kappa shape index (κ1) is 21.0. The molecule has 0 unspecified atom stereocenters. The average molecular weight is 389 g/mol. The zero-order valence-electron chi connectivity index (χ0n) is 17.6. The summed E-state index contributed by atoms with van der Waals surface area (Å²) in [5.74, 6) is 2.85. The Morgan fingerprint density at radius 2 is 1.61 bits per heavy atom. The maximum atomic E-state index is 12.3. The minimum atomic E-state index is 0.355. The lowest BCUT2D eigenvalue weighted by molar-refractivity contribution is -0.132. The second-order valence-electron chi connectivity index (χ2n) is 8.24. The number of aryl methyl sites for hydroxylation is 1. The molecule has 0 aliphatic carbocycles. The van der Waals surface area contributed by atoms with E-state index in [4.69, 9.17) is 9.47 Å². The van der Waals surface area contributed by atoms with Crippen molar-refractivity contribution in [3.63, 3.8) is 0 Å². The van der Waals surface area contributed by atoms with E-state index in [1.54, 1.807) is 14.2 Å². The number of piperidine rings is 2. The topological polar surface area (TPSA) is 42.0 Å². The van der Waals surface area contributed by atoms with Gasteiger partial charge in [-0.05, 0) is 81.6 Å². The average Bonchev–Trinajstić information content (AvgIpc) is 2.77. The first-order valence-corrected chi connectivity index (χ1v) is 10.9. The summed E-state index contributed by atoms with van der Waals surface area (Å²) >= 11 is 0. The molecular weight excluding hydrogens is 352 g/mol. The fraction of sp³-hybridized carbons (Fsp3) is 0.696. The molecule has 28 heavy (non-hydrogen) atoms. The third kappa shape index (κ3) is 6.13. The van der Waals surface area contributed by atoms with Gasteiger partial charge in [-0.1, -0.05) is 0 Å². The molecule has 1 amide bonds. The van der Waals surface area contributed by atoms with Gasteiger partial charge in [0.1, 0.15) is 11.5 Å². The van der Waals surface area contributed by atoms with Crippen LogP contribution in [0.3, 0.4) is 0 Å². The molecule has 1 aromatic carbocycles. The third-order valence-corrected chi connectivity index (χ3v) is 6.31. The first-order chi connectivity index (χ1) is 13.7. The standard InChI is InChI=1S/C23H36N2O3/c1-27-21-16-20(17-22(18-21)28-2)7-6-19-8-13-24(14-9-19)15-10-23(26)25-11-4-3-5-12-25/h16-19H,3-15H2,1-2H3. The summed E-state index contributed by atoms with van der Waals surface area (Å²) in [6.45, 7) is 5.11. The summed E-state index contributed by atoms with van der Waals surface area (Å²) < 4.78 is 10.8. The Hall–Kier alpha value is -1.75. The molecule has 0 saturated carbocycles. The molecule has 0 radical (unpaired) electrons. The van der Waals surface area contributed by atoms with Crippen molar-refractivity contribution in [1.82, 2.24) is 9.80 Å². The van der Waals surface area contributed by atoms with Crippen molar-refractivity contribution in [3.05, 3.63) is 23.8 Å². The molecule has 156 valence electrons. The van der Waals surface area contributed by atoms with E-state index in [0.717, 1.165) is 56.6 Å². The lowest BCUT2D eigenvalue weighted by atomic mass is 9.90. The van der Waals surface area contributed by atoms with E-state index < -0.39 is 0 Å². The summed E-state index contributed by atoms with van der Waals surface area (Å²) in [5.41, 5.74) is 1.28. The SMILES string of the molecule is COc1cc(CCC2CCN(CCC(=O)N3CCCCC3)CC2)cc(OC)c1. The van der Waals surface area contributed by atoms with Crippen LogP contribution >= 0.6 is 0 Å². The molecule has 2 saturated heterocycles.